The second-order valence-corrected chi connectivity index (χ2v) is 6.39. The van der Waals surface area contributed by atoms with Gasteiger partial charge in [0.1, 0.15) is 5.82 Å². The van der Waals surface area contributed by atoms with E-state index in [4.69, 9.17) is 10.5 Å². The van der Waals surface area contributed by atoms with Crippen LogP contribution in [0.1, 0.15) is 18.4 Å². The number of carbonyl (C=O) groups is 2. The van der Waals surface area contributed by atoms with Gasteiger partial charge in [0.15, 0.2) is 0 Å². The average Bonchev–Trinajstić information content (AvgIpc) is 2.54. The minimum Gasteiger partial charge on any atom is -0.370 e. The van der Waals surface area contributed by atoms with E-state index in [1.807, 2.05) is 0 Å². The van der Waals surface area contributed by atoms with Gasteiger partial charge in [-0.1, -0.05) is 18.2 Å². The van der Waals surface area contributed by atoms with Crippen molar-refractivity contribution in [2.45, 2.75) is 25.6 Å². The molecule has 0 radical (unpaired) electrons. The number of benzene rings is 1. The van der Waals surface area contributed by atoms with Crippen LogP contribution in [0.2, 0.25) is 0 Å². The van der Waals surface area contributed by atoms with Crippen LogP contribution in [0.5, 0.6) is 0 Å². The van der Waals surface area contributed by atoms with Crippen molar-refractivity contribution in [1.29, 1.82) is 0 Å². The Morgan fingerprint density at radius 2 is 1.96 bits per heavy atom. The number of halogens is 1. The van der Waals surface area contributed by atoms with Crippen molar-refractivity contribution < 1.29 is 18.7 Å². The molecule has 130 valence electrons. The maximum Gasteiger partial charge on any atom is 0.314 e. The highest BCUT2D eigenvalue weighted by atomic mass is 19.1. The molecule has 6 nitrogen and oxygen atoms in total. The third kappa shape index (κ3) is 3.67. The summed E-state index contributed by atoms with van der Waals surface area (Å²) < 4.78 is 19.2. The van der Waals surface area contributed by atoms with Crippen molar-refractivity contribution in [3.05, 3.63) is 35.6 Å². The number of hydrogen-bond acceptors (Lipinski definition) is 3. The van der Waals surface area contributed by atoms with Crippen LogP contribution in [0.15, 0.2) is 24.3 Å². The summed E-state index contributed by atoms with van der Waals surface area (Å²) in [6.07, 6.45) is 1.50. The predicted octanol–water partition coefficient (Wildman–Crippen LogP) is 1.34. The molecule has 24 heavy (non-hydrogen) atoms. The molecule has 1 atom stereocenters. The average molecular weight is 335 g/mol. The number of hydrogen-bond donors (Lipinski definition) is 1. The van der Waals surface area contributed by atoms with E-state index in [0.717, 1.165) is 12.8 Å². The first-order chi connectivity index (χ1) is 11.5. The van der Waals surface area contributed by atoms with Gasteiger partial charge in [0, 0.05) is 31.7 Å². The fourth-order valence-corrected chi connectivity index (χ4v) is 3.18. The molecule has 2 saturated heterocycles. The topological polar surface area (TPSA) is 75.9 Å². The van der Waals surface area contributed by atoms with E-state index >= 15 is 0 Å². The summed E-state index contributed by atoms with van der Waals surface area (Å²) in [6.45, 7) is 2.25. The summed E-state index contributed by atoms with van der Waals surface area (Å²) in [5.74, 6) is -0.413. The Bertz CT molecular complexity index is 619. The van der Waals surface area contributed by atoms with Crippen LogP contribution in [0.3, 0.4) is 0 Å². The van der Waals surface area contributed by atoms with Crippen molar-refractivity contribution in [1.82, 2.24) is 9.80 Å². The SMILES string of the molecule is NC(=O)N1CCC[C@@H](C(=O)N2CC(OCc3ccccc3F)C2)C1. The summed E-state index contributed by atoms with van der Waals surface area (Å²) in [5, 5.41) is 0. The van der Waals surface area contributed by atoms with Crippen LogP contribution < -0.4 is 5.73 Å². The zero-order valence-corrected chi connectivity index (χ0v) is 13.5. The molecule has 0 saturated carbocycles. The Morgan fingerprint density at radius 1 is 1.21 bits per heavy atom. The molecule has 0 aliphatic carbocycles. The molecule has 7 heteroatoms. The molecular weight excluding hydrogens is 313 g/mol. The van der Waals surface area contributed by atoms with Crippen LogP contribution in [0.4, 0.5) is 9.18 Å². The molecule has 3 amide bonds. The van der Waals surface area contributed by atoms with Gasteiger partial charge < -0.3 is 20.3 Å². The van der Waals surface area contributed by atoms with E-state index in [1.54, 1.807) is 23.1 Å². The molecular formula is C17H22FN3O3. The largest absolute Gasteiger partial charge is 0.370 e. The molecule has 2 heterocycles. The Balaban J connectivity index is 1.43. The van der Waals surface area contributed by atoms with Crippen molar-refractivity contribution in [3.63, 3.8) is 0 Å². The van der Waals surface area contributed by atoms with Gasteiger partial charge in [-0.05, 0) is 18.9 Å². The van der Waals surface area contributed by atoms with Gasteiger partial charge in [0.2, 0.25) is 5.91 Å². The van der Waals surface area contributed by atoms with E-state index in [-0.39, 0.29) is 30.4 Å². The van der Waals surface area contributed by atoms with Crippen LogP contribution in [0.25, 0.3) is 0 Å². The van der Waals surface area contributed by atoms with Crippen LogP contribution in [-0.2, 0) is 16.1 Å². The Labute approximate surface area is 140 Å². The number of rotatable bonds is 4. The van der Waals surface area contributed by atoms with Gasteiger partial charge >= 0.3 is 6.03 Å². The second kappa shape index (κ2) is 7.17. The highest BCUT2D eigenvalue weighted by Gasteiger charge is 2.37. The smallest absolute Gasteiger partial charge is 0.314 e. The molecule has 2 fully saturated rings. The Hall–Kier alpha value is -2.15. The van der Waals surface area contributed by atoms with Crippen LogP contribution in [0, 0.1) is 11.7 Å². The zero-order valence-electron chi connectivity index (χ0n) is 13.5. The van der Waals surface area contributed by atoms with Crippen molar-refractivity contribution in [2.75, 3.05) is 26.2 Å². The molecule has 0 spiro atoms. The fraction of sp³-hybridized carbons (Fsp3) is 0.529. The number of piperidine rings is 1. The second-order valence-electron chi connectivity index (χ2n) is 6.39. The molecule has 0 bridgehead atoms. The lowest BCUT2D eigenvalue weighted by Crippen LogP contribution is -2.58. The van der Waals surface area contributed by atoms with Crippen molar-refractivity contribution in [3.8, 4) is 0 Å². The minimum atomic E-state index is -0.470. The quantitative estimate of drug-likeness (QED) is 0.902. The molecule has 3 rings (SSSR count). The lowest BCUT2D eigenvalue weighted by atomic mass is 9.95. The van der Waals surface area contributed by atoms with Crippen molar-refractivity contribution in [2.24, 2.45) is 11.7 Å². The summed E-state index contributed by atoms with van der Waals surface area (Å²) in [5.41, 5.74) is 5.81. The Morgan fingerprint density at radius 3 is 2.67 bits per heavy atom. The maximum absolute atomic E-state index is 13.5. The number of ether oxygens (including phenoxy) is 1. The molecule has 2 N–H and O–H groups in total. The van der Waals surface area contributed by atoms with Gasteiger partial charge in [-0.3, -0.25) is 4.79 Å². The summed E-state index contributed by atoms with van der Waals surface area (Å²) in [7, 11) is 0. The number of nitrogens with two attached hydrogens (primary N) is 1. The first-order valence-electron chi connectivity index (χ1n) is 8.22. The number of carbonyl (C=O) groups excluding carboxylic acids is 2. The Kier molecular flexibility index (Phi) is 4.99. The molecule has 0 aromatic heterocycles. The van der Waals surface area contributed by atoms with Gasteiger partial charge in [0.25, 0.3) is 0 Å². The van der Waals surface area contributed by atoms with Gasteiger partial charge in [0.05, 0.1) is 18.6 Å². The first kappa shape index (κ1) is 16.7. The van der Waals surface area contributed by atoms with Crippen LogP contribution >= 0.6 is 0 Å². The summed E-state index contributed by atoms with van der Waals surface area (Å²) in [4.78, 5) is 27.0. The number of amides is 3. The van der Waals surface area contributed by atoms with Gasteiger partial charge in [-0.15, -0.1) is 0 Å². The maximum atomic E-state index is 13.5. The molecule has 0 unspecified atom stereocenters. The van der Waals surface area contributed by atoms with E-state index < -0.39 is 6.03 Å². The molecule has 1 aromatic rings. The zero-order chi connectivity index (χ0) is 17.1. The fourth-order valence-electron chi connectivity index (χ4n) is 3.18. The van der Waals surface area contributed by atoms with Crippen LogP contribution in [-0.4, -0.2) is 54.0 Å². The number of likely N-dealkylation sites (tertiary alicyclic amines) is 2. The van der Waals surface area contributed by atoms with Crippen molar-refractivity contribution >= 4 is 11.9 Å². The monoisotopic (exact) mass is 335 g/mol. The molecule has 2 aliphatic heterocycles. The minimum absolute atomic E-state index is 0.0479. The number of nitrogens with zero attached hydrogens (tertiary/aromatic N) is 2. The number of urea groups is 1. The third-order valence-corrected chi connectivity index (χ3v) is 4.67. The van der Waals surface area contributed by atoms with E-state index in [9.17, 15) is 14.0 Å². The molecule has 2 aliphatic rings. The molecule has 1 aromatic carbocycles. The van der Waals surface area contributed by atoms with Gasteiger partial charge in [-0.2, -0.15) is 0 Å². The lowest BCUT2D eigenvalue weighted by Gasteiger charge is -2.42. The van der Waals surface area contributed by atoms with Gasteiger partial charge in [-0.25, -0.2) is 9.18 Å². The lowest BCUT2D eigenvalue weighted by molar-refractivity contribution is -0.151. The summed E-state index contributed by atoms with van der Waals surface area (Å²) in [6, 6.07) is 6.04. The van der Waals surface area contributed by atoms with E-state index in [1.165, 1.54) is 11.0 Å². The van der Waals surface area contributed by atoms with E-state index in [2.05, 4.69) is 0 Å². The van der Waals surface area contributed by atoms with E-state index in [0.29, 0.717) is 31.7 Å². The highest BCUT2D eigenvalue weighted by Crippen LogP contribution is 2.23. The predicted molar refractivity (Wildman–Crippen MR) is 85.4 cm³/mol. The number of primary amides is 1. The summed E-state index contributed by atoms with van der Waals surface area (Å²) >= 11 is 0. The highest BCUT2D eigenvalue weighted by molar-refractivity contribution is 5.81. The standard InChI is InChI=1S/C17H22FN3O3/c18-15-6-2-1-4-13(15)11-24-14-9-21(10-14)16(22)12-5-3-7-20(8-12)17(19)23/h1-2,4,6,12,14H,3,5,7-11H2,(H2,19,23)/t12-/m1/s1. The third-order valence-electron chi connectivity index (χ3n) is 4.67. The first-order valence-corrected chi connectivity index (χ1v) is 8.22. The normalized spacial score (nSPS) is 21.5.